The minimum atomic E-state index is -4.25. The highest BCUT2D eigenvalue weighted by atomic mass is 35.5. The first-order valence-corrected chi connectivity index (χ1v) is 17.7. The number of hydrogen-bond donors (Lipinski definition) is 1. The third-order valence-electron chi connectivity index (χ3n) is 8.54. The van der Waals surface area contributed by atoms with Crippen molar-refractivity contribution in [3.63, 3.8) is 0 Å². The van der Waals surface area contributed by atoms with Gasteiger partial charge in [-0.1, -0.05) is 97.6 Å². The van der Waals surface area contributed by atoms with Crippen LogP contribution in [-0.4, -0.2) is 43.8 Å². The van der Waals surface area contributed by atoms with E-state index in [-0.39, 0.29) is 35.5 Å². The number of nitrogens with one attached hydrogen (secondary N) is 1. The molecule has 4 aromatic carbocycles. The number of carbonyl (C=O) groups excluding carboxylic acids is 2. The smallest absolute Gasteiger partial charge is 0.264 e. The molecule has 0 aromatic heterocycles. The molecule has 1 aliphatic carbocycles. The van der Waals surface area contributed by atoms with E-state index in [0.29, 0.717) is 16.1 Å². The van der Waals surface area contributed by atoms with Crippen molar-refractivity contribution < 1.29 is 22.4 Å². The van der Waals surface area contributed by atoms with Gasteiger partial charge in [-0.3, -0.25) is 13.9 Å². The zero-order valence-electron chi connectivity index (χ0n) is 26.3. The summed E-state index contributed by atoms with van der Waals surface area (Å²) in [5.74, 6) is -1.33. The molecule has 1 aliphatic rings. The molecule has 0 saturated heterocycles. The SMILES string of the molecule is Cc1ccc(Cl)cc1N(CC(=O)N(Cc1ccc(F)cc1)[C@H](Cc1ccccc1)C(=O)NC1CCCCC1)S(=O)(=O)c1ccccc1. The first kappa shape index (κ1) is 34.1. The van der Waals surface area contributed by atoms with Gasteiger partial charge in [0.15, 0.2) is 0 Å². The van der Waals surface area contributed by atoms with Gasteiger partial charge in [0.05, 0.1) is 10.6 Å². The minimum absolute atomic E-state index is 0.00753. The Labute approximate surface area is 281 Å². The van der Waals surface area contributed by atoms with E-state index in [4.69, 9.17) is 11.6 Å². The van der Waals surface area contributed by atoms with Crippen LogP contribution in [0, 0.1) is 12.7 Å². The Kier molecular flexibility index (Phi) is 11.3. The van der Waals surface area contributed by atoms with Crippen molar-refractivity contribution in [3.05, 3.63) is 131 Å². The van der Waals surface area contributed by atoms with Crippen molar-refractivity contribution in [2.24, 2.45) is 0 Å². The molecule has 7 nitrogen and oxygen atoms in total. The van der Waals surface area contributed by atoms with Crippen LogP contribution in [0.15, 0.2) is 108 Å². The molecular weight excluding hydrogens is 637 g/mol. The Bertz CT molecular complexity index is 1770. The maximum absolute atomic E-state index is 14.6. The summed E-state index contributed by atoms with van der Waals surface area (Å²) in [5, 5.41) is 3.49. The first-order chi connectivity index (χ1) is 22.6. The molecule has 0 unspecified atom stereocenters. The van der Waals surface area contributed by atoms with Crippen molar-refractivity contribution in [2.75, 3.05) is 10.8 Å². The maximum Gasteiger partial charge on any atom is 0.264 e. The van der Waals surface area contributed by atoms with E-state index in [1.807, 2.05) is 30.3 Å². The van der Waals surface area contributed by atoms with Crippen molar-refractivity contribution in [1.29, 1.82) is 0 Å². The van der Waals surface area contributed by atoms with E-state index < -0.39 is 34.3 Å². The lowest BCUT2D eigenvalue weighted by molar-refractivity contribution is -0.140. The second kappa shape index (κ2) is 15.6. The zero-order chi connectivity index (χ0) is 33.4. The number of rotatable bonds is 12. The molecule has 1 atom stereocenters. The lowest BCUT2D eigenvalue weighted by atomic mass is 9.94. The van der Waals surface area contributed by atoms with Gasteiger partial charge < -0.3 is 10.2 Å². The number of amides is 2. The van der Waals surface area contributed by atoms with Gasteiger partial charge in [0.2, 0.25) is 11.8 Å². The van der Waals surface area contributed by atoms with Gasteiger partial charge in [-0.15, -0.1) is 0 Å². The lowest BCUT2D eigenvalue weighted by Gasteiger charge is -2.35. The molecule has 1 N–H and O–H groups in total. The summed E-state index contributed by atoms with van der Waals surface area (Å²) >= 11 is 6.35. The molecule has 47 heavy (non-hydrogen) atoms. The van der Waals surface area contributed by atoms with Gasteiger partial charge in [0, 0.05) is 24.0 Å². The standard InChI is InChI=1S/C37H39ClFN3O4S/c1-27-17-20-30(38)24-34(27)42(47(45,46)33-15-9-4-10-16-33)26-36(43)41(25-29-18-21-31(39)22-19-29)35(23-28-11-5-2-6-12-28)37(44)40-32-13-7-3-8-14-32/h2,4-6,9-12,15-22,24,32,35H,3,7-8,13-14,23,25-26H2,1H3,(H,40,44)/t35-/m1/s1. The molecule has 2 amide bonds. The summed E-state index contributed by atoms with van der Waals surface area (Å²) in [5.41, 5.74) is 2.29. The van der Waals surface area contributed by atoms with E-state index in [0.717, 1.165) is 42.0 Å². The molecule has 4 aromatic rings. The highest BCUT2D eigenvalue weighted by Crippen LogP contribution is 2.30. The van der Waals surface area contributed by atoms with Gasteiger partial charge in [-0.2, -0.15) is 0 Å². The summed E-state index contributed by atoms with van der Waals surface area (Å²) in [4.78, 5) is 30.2. The fraction of sp³-hybridized carbons (Fsp3) is 0.297. The molecule has 0 bridgehead atoms. The third kappa shape index (κ3) is 8.78. The Morgan fingerprint density at radius 3 is 2.17 bits per heavy atom. The Balaban J connectivity index is 1.58. The maximum atomic E-state index is 14.6. The fourth-order valence-electron chi connectivity index (χ4n) is 5.97. The van der Waals surface area contributed by atoms with Crippen LogP contribution in [0.4, 0.5) is 10.1 Å². The van der Waals surface area contributed by atoms with Gasteiger partial charge in [-0.05, 0) is 72.9 Å². The van der Waals surface area contributed by atoms with Crippen LogP contribution >= 0.6 is 11.6 Å². The van der Waals surface area contributed by atoms with Crippen molar-refractivity contribution in [2.45, 2.75) is 69.0 Å². The summed E-state index contributed by atoms with van der Waals surface area (Å²) in [7, 11) is -4.25. The Morgan fingerprint density at radius 2 is 1.51 bits per heavy atom. The van der Waals surface area contributed by atoms with E-state index in [9.17, 15) is 22.4 Å². The van der Waals surface area contributed by atoms with Crippen LogP contribution in [0.1, 0.15) is 48.8 Å². The van der Waals surface area contributed by atoms with Crippen molar-refractivity contribution in [1.82, 2.24) is 10.2 Å². The van der Waals surface area contributed by atoms with E-state index in [2.05, 4.69) is 5.32 Å². The summed E-state index contributed by atoms with van der Waals surface area (Å²) < 4.78 is 43.4. The number of aryl methyl sites for hydroxylation is 1. The molecule has 0 spiro atoms. The summed E-state index contributed by atoms with van der Waals surface area (Å²) in [6.07, 6.45) is 5.05. The normalized spacial score (nSPS) is 14.3. The summed E-state index contributed by atoms with van der Waals surface area (Å²) in [6.45, 7) is 1.11. The molecule has 0 aliphatic heterocycles. The van der Waals surface area contributed by atoms with E-state index in [1.165, 1.54) is 35.2 Å². The molecule has 1 fully saturated rings. The predicted molar refractivity (Wildman–Crippen MR) is 183 cm³/mol. The number of sulfonamides is 1. The number of hydrogen-bond acceptors (Lipinski definition) is 4. The molecular formula is C37H39ClFN3O4S. The number of nitrogens with zero attached hydrogens (tertiary/aromatic N) is 2. The Morgan fingerprint density at radius 1 is 0.872 bits per heavy atom. The highest BCUT2D eigenvalue weighted by molar-refractivity contribution is 7.92. The van der Waals surface area contributed by atoms with Crippen LogP contribution in [-0.2, 0) is 32.6 Å². The zero-order valence-corrected chi connectivity index (χ0v) is 27.9. The second-order valence-electron chi connectivity index (χ2n) is 12.0. The van der Waals surface area contributed by atoms with Crippen LogP contribution in [0.2, 0.25) is 5.02 Å². The Hall–Kier alpha value is -4.21. The van der Waals surface area contributed by atoms with Gasteiger partial charge in [0.25, 0.3) is 10.0 Å². The van der Waals surface area contributed by atoms with Crippen LogP contribution in [0.25, 0.3) is 0 Å². The number of halogens is 2. The molecule has 0 radical (unpaired) electrons. The number of carbonyl (C=O) groups is 2. The monoisotopic (exact) mass is 675 g/mol. The molecule has 10 heteroatoms. The quantitative estimate of drug-likeness (QED) is 0.174. The molecule has 246 valence electrons. The number of benzene rings is 4. The van der Waals surface area contributed by atoms with Crippen molar-refractivity contribution in [3.8, 4) is 0 Å². The van der Waals surface area contributed by atoms with Gasteiger partial charge >= 0.3 is 0 Å². The van der Waals surface area contributed by atoms with E-state index in [1.54, 1.807) is 49.4 Å². The largest absolute Gasteiger partial charge is 0.352 e. The fourth-order valence-corrected chi connectivity index (χ4v) is 7.63. The second-order valence-corrected chi connectivity index (χ2v) is 14.3. The third-order valence-corrected chi connectivity index (χ3v) is 10.5. The molecule has 5 rings (SSSR count). The number of anilines is 1. The first-order valence-electron chi connectivity index (χ1n) is 15.8. The van der Waals surface area contributed by atoms with E-state index >= 15 is 0 Å². The molecule has 1 saturated carbocycles. The van der Waals surface area contributed by atoms with Crippen LogP contribution in [0.5, 0.6) is 0 Å². The average Bonchev–Trinajstić information content (AvgIpc) is 3.08. The van der Waals surface area contributed by atoms with Crippen molar-refractivity contribution >= 4 is 39.1 Å². The van der Waals surface area contributed by atoms with Crippen LogP contribution < -0.4 is 9.62 Å². The lowest BCUT2D eigenvalue weighted by Crippen LogP contribution is -2.55. The summed E-state index contributed by atoms with van der Waals surface area (Å²) in [6, 6.07) is 26.9. The predicted octanol–water partition coefficient (Wildman–Crippen LogP) is 7.07. The van der Waals surface area contributed by atoms with Gasteiger partial charge in [-0.25, -0.2) is 12.8 Å². The minimum Gasteiger partial charge on any atom is -0.352 e. The van der Waals surface area contributed by atoms with Crippen LogP contribution in [0.3, 0.4) is 0 Å². The highest BCUT2D eigenvalue weighted by Gasteiger charge is 2.36. The average molecular weight is 676 g/mol. The topological polar surface area (TPSA) is 86.8 Å². The molecule has 0 heterocycles. The van der Waals surface area contributed by atoms with Gasteiger partial charge in [0.1, 0.15) is 18.4 Å².